The number of hydrogen-bond donors (Lipinski definition) is 3. The maximum absolute atomic E-state index is 12.9. The fourth-order valence-corrected chi connectivity index (χ4v) is 3.10. The van der Waals surface area contributed by atoms with E-state index in [1.54, 1.807) is 17.1 Å². The molecule has 2 aliphatic heterocycles. The number of aliphatic hydroxyl groups is 1. The van der Waals surface area contributed by atoms with Gasteiger partial charge in [-0.15, -0.1) is 0 Å². The minimum atomic E-state index is -0.675. The van der Waals surface area contributed by atoms with Gasteiger partial charge in [-0.1, -0.05) is 12.2 Å². The van der Waals surface area contributed by atoms with Crippen LogP contribution < -0.4 is 10.6 Å². The van der Waals surface area contributed by atoms with E-state index in [0.29, 0.717) is 32.0 Å². The molecule has 152 valence electrons. The molecule has 3 amide bonds. The van der Waals surface area contributed by atoms with Gasteiger partial charge in [-0.05, 0) is 24.3 Å². The van der Waals surface area contributed by atoms with Gasteiger partial charge in [0, 0.05) is 18.8 Å². The summed E-state index contributed by atoms with van der Waals surface area (Å²) in [5.74, 6) is -0.428. The molecule has 0 bridgehead atoms. The minimum absolute atomic E-state index is 0.0323. The van der Waals surface area contributed by atoms with Crippen LogP contribution in [0.4, 0.5) is 14.9 Å². The summed E-state index contributed by atoms with van der Waals surface area (Å²) in [4.78, 5) is 26.2. The van der Waals surface area contributed by atoms with Crippen LogP contribution >= 0.6 is 0 Å². The molecule has 3 atom stereocenters. The van der Waals surface area contributed by atoms with Crippen LogP contribution in [0.5, 0.6) is 0 Å². The molecule has 3 rings (SSSR count). The monoisotopic (exact) mass is 393 g/mol. The van der Waals surface area contributed by atoms with Crippen molar-refractivity contribution in [3.05, 3.63) is 42.2 Å². The molecule has 0 unspecified atom stereocenters. The number of carbonyl (C=O) groups is 2. The number of urea groups is 1. The predicted octanol–water partition coefficient (Wildman–Crippen LogP) is 0.881. The number of nitrogens with zero attached hydrogens (tertiary/aromatic N) is 1. The van der Waals surface area contributed by atoms with Gasteiger partial charge in [0.15, 0.2) is 0 Å². The standard InChI is InChI=1S/C19H24FN3O5/c20-13-1-3-14(4-2-13)21-19(26)22-16-6-5-15(28-17(16)12-24)11-18(25)23-7-9-27-10-8-23/h1-6,15-17,24H,7-12H2,(H2,21,22,26)/t15-,16+,17-/m1/s1. The van der Waals surface area contributed by atoms with Crippen LogP contribution in [0, 0.1) is 5.82 Å². The molecule has 2 heterocycles. The fraction of sp³-hybridized carbons (Fsp3) is 0.474. The number of carbonyl (C=O) groups excluding carboxylic acids is 2. The average Bonchev–Trinajstić information content (AvgIpc) is 2.71. The summed E-state index contributed by atoms with van der Waals surface area (Å²) in [6, 6.07) is 4.31. The van der Waals surface area contributed by atoms with Crippen LogP contribution in [0.15, 0.2) is 36.4 Å². The predicted molar refractivity (Wildman–Crippen MR) is 99.2 cm³/mol. The minimum Gasteiger partial charge on any atom is -0.394 e. The Balaban J connectivity index is 1.52. The van der Waals surface area contributed by atoms with E-state index >= 15 is 0 Å². The normalized spacial score (nSPS) is 24.6. The van der Waals surface area contributed by atoms with E-state index in [-0.39, 0.29) is 18.9 Å². The molecular weight excluding hydrogens is 369 g/mol. The van der Waals surface area contributed by atoms with Crippen molar-refractivity contribution in [3.8, 4) is 0 Å². The number of hydrogen-bond acceptors (Lipinski definition) is 5. The topological polar surface area (TPSA) is 100 Å². The maximum atomic E-state index is 12.9. The van der Waals surface area contributed by atoms with Crippen LogP contribution in [-0.2, 0) is 14.3 Å². The summed E-state index contributed by atoms with van der Waals surface area (Å²) < 4.78 is 23.9. The number of benzene rings is 1. The third kappa shape index (κ3) is 5.51. The SMILES string of the molecule is O=C(Nc1ccc(F)cc1)N[C@H]1C=C[C@H](CC(=O)N2CCOCC2)O[C@@H]1CO. The summed E-state index contributed by atoms with van der Waals surface area (Å²) in [5, 5.41) is 14.9. The van der Waals surface area contributed by atoms with Crippen LogP contribution in [0.1, 0.15) is 6.42 Å². The molecule has 1 aromatic carbocycles. The summed E-state index contributed by atoms with van der Waals surface area (Å²) in [7, 11) is 0. The van der Waals surface area contributed by atoms with E-state index in [4.69, 9.17) is 9.47 Å². The number of ether oxygens (including phenoxy) is 2. The lowest BCUT2D eigenvalue weighted by atomic mass is 10.0. The van der Waals surface area contributed by atoms with Gasteiger partial charge in [0.2, 0.25) is 5.91 Å². The van der Waals surface area contributed by atoms with Crippen LogP contribution in [0.2, 0.25) is 0 Å². The molecule has 1 fully saturated rings. The molecule has 1 aromatic rings. The van der Waals surface area contributed by atoms with Gasteiger partial charge in [0.05, 0.1) is 38.4 Å². The largest absolute Gasteiger partial charge is 0.394 e. The highest BCUT2D eigenvalue weighted by atomic mass is 19.1. The van der Waals surface area contributed by atoms with Gasteiger partial charge in [-0.25, -0.2) is 9.18 Å². The van der Waals surface area contributed by atoms with Gasteiger partial charge < -0.3 is 30.1 Å². The molecular formula is C19H24FN3O5. The number of morpholine rings is 1. The molecule has 1 saturated heterocycles. The second kappa shape index (κ2) is 9.63. The van der Waals surface area contributed by atoms with Gasteiger partial charge in [0.25, 0.3) is 0 Å². The molecule has 3 N–H and O–H groups in total. The van der Waals surface area contributed by atoms with E-state index in [9.17, 15) is 19.1 Å². The van der Waals surface area contributed by atoms with Crippen molar-refractivity contribution in [1.82, 2.24) is 10.2 Å². The molecule has 0 aromatic heterocycles. The van der Waals surface area contributed by atoms with E-state index in [1.807, 2.05) is 0 Å². The molecule has 0 saturated carbocycles. The zero-order valence-corrected chi connectivity index (χ0v) is 15.3. The Morgan fingerprint density at radius 1 is 1.18 bits per heavy atom. The Bertz CT molecular complexity index is 706. The second-order valence-electron chi connectivity index (χ2n) is 6.61. The van der Waals surface area contributed by atoms with Crippen molar-refractivity contribution in [2.24, 2.45) is 0 Å². The van der Waals surface area contributed by atoms with Crippen molar-refractivity contribution in [3.63, 3.8) is 0 Å². The zero-order chi connectivity index (χ0) is 19.9. The van der Waals surface area contributed by atoms with Crippen LogP contribution in [0.3, 0.4) is 0 Å². The first-order valence-electron chi connectivity index (χ1n) is 9.18. The molecule has 0 aliphatic carbocycles. The van der Waals surface area contributed by atoms with Crippen LogP contribution in [-0.4, -0.2) is 73.1 Å². The van der Waals surface area contributed by atoms with E-state index < -0.39 is 30.1 Å². The zero-order valence-electron chi connectivity index (χ0n) is 15.3. The van der Waals surface area contributed by atoms with Crippen molar-refractivity contribution in [2.75, 3.05) is 38.2 Å². The van der Waals surface area contributed by atoms with E-state index in [2.05, 4.69) is 10.6 Å². The van der Waals surface area contributed by atoms with Crippen LogP contribution in [0.25, 0.3) is 0 Å². The summed E-state index contributed by atoms with van der Waals surface area (Å²) in [6.45, 7) is 1.87. The number of rotatable bonds is 5. The highest BCUT2D eigenvalue weighted by Gasteiger charge is 2.30. The molecule has 9 heteroatoms. The molecule has 0 spiro atoms. The third-order valence-electron chi connectivity index (χ3n) is 4.60. The Labute approximate surface area is 162 Å². The number of aliphatic hydroxyl groups excluding tert-OH is 1. The molecule has 8 nitrogen and oxygen atoms in total. The Hall–Kier alpha value is -2.49. The quantitative estimate of drug-likeness (QED) is 0.645. The van der Waals surface area contributed by atoms with E-state index in [0.717, 1.165) is 0 Å². The highest BCUT2D eigenvalue weighted by molar-refractivity contribution is 5.89. The molecule has 28 heavy (non-hydrogen) atoms. The van der Waals surface area contributed by atoms with Crippen molar-refractivity contribution >= 4 is 17.6 Å². The fourth-order valence-electron chi connectivity index (χ4n) is 3.10. The number of nitrogens with one attached hydrogen (secondary N) is 2. The summed E-state index contributed by atoms with van der Waals surface area (Å²) >= 11 is 0. The first kappa shape index (κ1) is 20.2. The molecule has 0 radical (unpaired) electrons. The van der Waals surface area contributed by atoms with Crippen molar-refractivity contribution < 1.29 is 28.6 Å². The highest BCUT2D eigenvalue weighted by Crippen LogP contribution is 2.17. The first-order valence-corrected chi connectivity index (χ1v) is 9.18. The first-order chi connectivity index (χ1) is 13.5. The number of anilines is 1. The number of halogens is 1. The molecule has 2 aliphatic rings. The third-order valence-corrected chi connectivity index (χ3v) is 4.60. The lowest BCUT2D eigenvalue weighted by Crippen LogP contribution is -2.50. The summed E-state index contributed by atoms with van der Waals surface area (Å²) in [6.07, 6.45) is 2.46. The van der Waals surface area contributed by atoms with Gasteiger partial charge in [-0.3, -0.25) is 4.79 Å². The second-order valence-corrected chi connectivity index (χ2v) is 6.61. The van der Waals surface area contributed by atoms with Crippen molar-refractivity contribution in [2.45, 2.75) is 24.7 Å². The smallest absolute Gasteiger partial charge is 0.319 e. The lowest BCUT2D eigenvalue weighted by Gasteiger charge is -2.33. The Morgan fingerprint density at radius 3 is 2.57 bits per heavy atom. The number of amides is 3. The average molecular weight is 393 g/mol. The lowest BCUT2D eigenvalue weighted by molar-refractivity contribution is -0.139. The van der Waals surface area contributed by atoms with Gasteiger partial charge in [0.1, 0.15) is 11.9 Å². The van der Waals surface area contributed by atoms with E-state index in [1.165, 1.54) is 24.3 Å². The Morgan fingerprint density at radius 2 is 1.89 bits per heavy atom. The van der Waals surface area contributed by atoms with Gasteiger partial charge >= 0.3 is 6.03 Å². The maximum Gasteiger partial charge on any atom is 0.319 e. The summed E-state index contributed by atoms with van der Waals surface area (Å²) in [5.41, 5.74) is 0.439. The van der Waals surface area contributed by atoms with Crippen molar-refractivity contribution in [1.29, 1.82) is 0 Å². The van der Waals surface area contributed by atoms with Gasteiger partial charge in [-0.2, -0.15) is 0 Å². The Kier molecular flexibility index (Phi) is 6.96.